The van der Waals surface area contributed by atoms with Crippen LogP contribution in [0.2, 0.25) is 0 Å². The van der Waals surface area contributed by atoms with Gasteiger partial charge >= 0.3 is 12.4 Å². The molecule has 0 fully saturated rings. The third-order valence-corrected chi connectivity index (χ3v) is 7.33. The number of halogens is 3. The van der Waals surface area contributed by atoms with E-state index in [4.69, 9.17) is 5.73 Å². The lowest BCUT2D eigenvalue weighted by Gasteiger charge is -2.34. The monoisotopic (exact) mass is 651 g/mol. The third-order valence-electron chi connectivity index (χ3n) is 7.33. The van der Waals surface area contributed by atoms with E-state index in [2.05, 4.69) is 73.1 Å². The number of likely N-dealkylation sites (N-methyl/N-ethyl adjacent to an activating group) is 1. The summed E-state index contributed by atoms with van der Waals surface area (Å²) in [6.07, 6.45) is 5.49. The maximum atomic E-state index is 12.2. The molecule has 260 valence electrons. The second kappa shape index (κ2) is 22.7. The molecule has 0 heterocycles. The number of rotatable bonds is 13. The first-order chi connectivity index (χ1) is 21.6. The molecule has 5 N–H and O–H groups in total. The predicted octanol–water partition coefficient (Wildman–Crippen LogP) is 7.78. The number of anilines is 1. The lowest BCUT2D eigenvalue weighted by atomic mass is 9.95. The molecule has 0 aliphatic carbocycles. The van der Waals surface area contributed by atoms with Crippen LogP contribution in [0.5, 0.6) is 5.75 Å². The molecular weight excluding hydrogens is 595 g/mol. The number of aryl methyl sites for hydroxylation is 2. The number of nitrogens with zero attached hydrogens (tertiary/aromatic N) is 1. The summed E-state index contributed by atoms with van der Waals surface area (Å²) in [7, 11) is 0. The normalized spacial score (nSPS) is 11.4. The number of primary amides is 1. The first-order valence-corrected chi connectivity index (χ1v) is 15.7. The van der Waals surface area contributed by atoms with Gasteiger partial charge in [-0.05, 0) is 95.0 Å². The fourth-order valence-corrected chi connectivity index (χ4v) is 4.39. The summed E-state index contributed by atoms with van der Waals surface area (Å²) in [5.74, 6) is -0.639. The summed E-state index contributed by atoms with van der Waals surface area (Å²) in [5, 5.41) is 8.96. The van der Waals surface area contributed by atoms with Crippen molar-refractivity contribution in [3.05, 3.63) is 58.7 Å². The van der Waals surface area contributed by atoms with Crippen LogP contribution in [-0.2, 0) is 6.54 Å². The predicted molar refractivity (Wildman–Crippen MR) is 184 cm³/mol. The molecule has 0 saturated heterocycles. The zero-order valence-electron chi connectivity index (χ0n) is 29.3. The Kier molecular flexibility index (Phi) is 21.9. The summed E-state index contributed by atoms with van der Waals surface area (Å²) in [4.78, 5) is 24.8. The van der Waals surface area contributed by atoms with Gasteiger partial charge in [-0.1, -0.05) is 46.8 Å². The quantitative estimate of drug-likeness (QED) is 0.166. The van der Waals surface area contributed by atoms with Crippen LogP contribution in [0.4, 0.5) is 23.7 Å². The number of nitrogens with two attached hydrogens (primary N) is 1. The SMILES string of the molecule is C#C.CC.CCN(Cc1ccc(OC(F)(F)F)cc1)[C@@H](C)CNC(C)(CC)CC.CCNC(=O)Nc1cc(C)c(C(N)=O)c(C)c1. The van der Waals surface area contributed by atoms with Crippen molar-refractivity contribution in [2.24, 2.45) is 5.73 Å². The van der Waals surface area contributed by atoms with Crippen molar-refractivity contribution in [3.8, 4) is 18.6 Å². The fraction of sp³-hybridized carbons (Fsp3) is 0.543. The zero-order chi connectivity index (χ0) is 36.1. The summed E-state index contributed by atoms with van der Waals surface area (Å²) in [6.45, 7) is 23.3. The van der Waals surface area contributed by atoms with Gasteiger partial charge in [-0.3, -0.25) is 9.69 Å². The maximum absolute atomic E-state index is 12.2. The number of terminal acetylenes is 1. The number of hydrogen-bond donors (Lipinski definition) is 4. The van der Waals surface area contributed by atoms with Crippen molar-refractivity contribution in [2.75, 3.05) is 25.0 Å². The highest BCUT2D eigenvalue weighted by Crippen LogP contribution is 2.23. The number of alkyl halides is 3. The van der Waals surface area contributed by atoms with E-state index < -0.39 is 12.3 Å². The van der Waals surface area contributed by atoms with Gasteiger partial charge in [0.1, 0.15) is 5.75 Å². The number of benzene rings is 2. The molecule has 0 bridgehead atoms. The van der Waals surface area contributed by atoms with E-state index in [0.29, 0.717) is 30.4 Å². The molecule has 8 nitrogen and oxygen atoms in total. The van der Waals surface area contributed by atoms with E-state index in [9.17, 15) is 22.8 Å². The van der Waals surface area contributed by atoms with E-state index in [1.807, 2.05) is 20.8 Å². The summed E-state index contributed by atoms with van der Waals surface area (Å²) < 4.78 is 40.6. The van der Waals surface area contributed by atoms with E-state index >= 15 is 0 Å². The van der Waals surface area contributed by atoms with Crippen LogP contribution < -0.4 is 26.4 Å². The minimum absolute atomic E-state index is 0.143. The number of nitrogens with one attached hydrogen (secondary N) is 3. The molecule has 2 aromatic carbocycles. The molecule has 0 aromatic heterocycles. The number of carbonyl (C=O) groups is 2. The number of urea groups is 1. The Morgan fingerprint density at radius 1 is 0.978 bits per heavy atom. The molecule has 3 amide bonds. The zero-order valence-corrected chi connectivity index (χ0v) is 29.3. The van der Waals surface area contributed by atoms with Gasteiger partial charge in [0.2, 0.25) is 5.91 Å². The van der Waals surface area contributed by atoms with Crippen LogP contribution in [0.3, 0.4) is 0 Å². The summed E-state index contributed by atoms with van der Waals surface area (Å²) >= 11 is 0. The highest BCUT2D eigenvalue weighted by Gasteiger charge is 2.31. The van der Waals surface area contributed by atoms with Crippen LogP contribution in [0.25, 0.3) is 0 Å². The van der Waals surface area contributed by atoms with Gasteiger partial charge in [0, 0.05) is 42.5 Å². The Bertz CT molecular complexity index is 1160. The van der Waals surface area contributed by atoms with Crippen LogP contribution in [-0.4, -0.2) is 54.4 Å². The molecule has 0 unspecified atom stereocenters. The van der Waals surface area contributed by atoms with Crippen molar-refractivity contribution >= 4 is 17.6 Å². The molecule has 2 aromatic rings. The lowest BCUT2D eigenvalue weighted by Crippen LogP contribution is -2.48. The number of hydrogen-bond acceptors (Lipinski definition) is 5. The molecular formula is C35H56F3N5O3. The van der Waals surface area contributed by atoms with Gasteiger partial charge in [-0.25, -0.2) is 4.79 Å². The van der Waals surface area contributed by atoms with Gasteiger partial charge < -0.3 is 26.4 Å². The van der Waals surface area contributed by atoms with Crippen molar-refractivity contribution in [2.45, 2.75) is 107 Å². The van der Waals surface area contributed by atoms with E-state index in [1.54, 1.807) is 38.1 Å². The fourth-order valence-electron chi connectivity index (χ4n) is 4.39. The highest BCUT2D eigenvalue weighted by molar-refractivity contribution is 5.97. The molecule has 0 aliphatic rings. The Labute approximate surface area is 275 Å². The van der Waals surface area contributed by atoms with Gasteiger partial charge in [0.05, 0.1) is 0 Å². The molecule has 0 spiro atoms. The average Bonchev–Trinajstić information content (AvgIpc) is 3.00. The smallest absolute Gasteiger partial charge is 0.406 e. The number of ether oxygens (including phenoxy) is 1. The highest BCUT2D eigenvalue weighted by atomic mass is 19.4. The molecule has 46 heavy (non-hydrogen) atoms. The third kappa shape index (κ3) is 17.1. The van der Waals surface area contributed by atoms with E-state index in [0.717, 1.165) is 42.6 Å². The van der Waals surface area contributed by atoms with Crippen LogP contribution in [0.1, 0.15) is 95.3 Å². The molecule has 2 rings (SSSR count). The molecule has 0 radical (unpaired) electrons. The first kappa shape index (κ1) is 44.4. The summed E-state index contributed by atoms with van der Waals surface area (Å²) in [5.41, 5.74) is 9.05. The van der Waals surface area contributed by atoms with E-state index in [-0.39, 0.29) is 17.3 Å². The number of carbonyl (C=O) groups excluding carboxylic acids is 2. The minimum Gasteiger partial charge on any atom is -0.406 e. The Hall–Kier alpha value is -3.75. The Morgan fingerprint density at radius 2 is 1.48 bits per heavy atom. The molecule has 0 aliphatic heterocycles. The van der Waals surface area contributed by atoms with Gasteiger partial charge in [-0.15, -0.1) is 26.0 Å². The summed E-state index contributed by atoms with van der Waals surface area (Å²) in [6, 6.07) is 9.62. The van der Waals surface area contributed by atoms with Crippen molar-refractivity contribution in [1.82, 2.24) is 15.5 Å². The standard InChI is InChI=1S/C19H31F3N2O.C12H17N3O2.C2H6.C2H2/c1-6-18(5,7-2)23-13-15(4)24(8-3)14-16-9-11-17(12-10-16)25-19(20,21)22;1-4-14-12(17)15-9-5-7(2)10(11(13)16)8(3)6-9;2*1-2/h9-12,15,23H,6-8,13-14H2,1-5H3;5-6H,4H2,1-3H3,(H2,13,16)(H2,14,15,17);1-2H3;1-2H/t15-;;;/m0.../s1. The topological polar surface area (TPSA) is 109 Å². The van der Waals surface area contributed by atoms with Crippen LogP contribution in [0.15, 0.2) is 36.4 Å². The molecule has 0 saturated carbocycles. The van der Waals surface area contributed by atoms with Gasteiger partial charge in [0.25, 0.3) is 0 Å². The molecule has 1 atom stereocenters. The second-order valence-electron chi connectivity index (χ2n) is 10.6. The maximum Gasteiger partial charge on any atom is 0.573 e. The second-order valence-corrected chi connectivity index (χ2v) is 10.6. The Morgan fingerprint density at radius 3 is 1.87 bits per heavy atom. The van der Waals surface area contributed by atoms with Crippen molar-refractivity contribution in [3.63, 3.8) is 0 Å². The largest absolute Gasteiger partial charge is 0.573 e. The van der Waals surface area contributed by atoms with Crippen LogP contribution in [0, 0.1) is 26.7 Å². The van der Waals surface area contributed by atoms with Gasteiger partial charge in [0.15, 0.2) is 0 Å². The van der Waals surface area contributed by atoms with Crippen molar-refractivity contribution in [1.29, 1.82) is 0 Å². The first-order valence-electron chi connectivity index (χ1n) is 15.7. The van der Waals surface area contributed by atoms with E-state index in [1.165, 1.54) is 12.1 Å². The minimum atomic E-state index is -4.65. The number of amides is 3. The average molecular weight is 652 g/mol. The molecule has 11 heteroatoms. The van der Waals surface area contributed by atoms with Gasteiger partial charge in [-0.2, -0.15) is 0 Å². The lowest BCUT2D eigenvalue weighted by molar-refractivity contribution is -0.274. The van der Waals surface area contributed by atoms with Crippen LogP contribution >= 0.6 is 0 Å². The Balaban J connectivity index is 0. The van der Waals surface area contributed by atoms with Crippen molar-refractivity contribution < 1.29 is 27.5 Å².